The van der Waals surface area contributed by atoms with Crippen LogP contribution in [0.25, 0.3) is 10.4 Å². The zero-order chi connectivity index (χ0) is 16.1. The summed E-state index contributed by atoms with van der Waals surface area (Å²) in [7, 11) is 0. The number of hydrogen-bond acceptors (Lipinski definition) is 3. The average molecular weight is 355 g/mol. The van der Waals surface area contributed by atoms with Gasteiger partial charge in [-0.3, -0.25) is 4.79 Å². The zero-order valence-corrected chi connectivity index (χ0v) is 13.6. The number of thioether (sulfide) groups is 1. The molecule has 120 valence electrons. The van der Waals surface area contributed by atoms with E-state index >= 15 is 0 Å². The molecule has 23 heavy (non-hydrogen) atoms. The Kier molecular flexibility index (Phi) is 3.65. The van der Waals surface area contributed by atoms with E-state index in [9.17, 15) is 18.0 Å². The number of benzene rings is 1. The molecular formula is C16H12F3NOS2. The van der Waals surface area contributed by atoms with Gasteiger partial charge in [0.15, 0.2) is 0 Å². The van der Waals surface area contributed by atoms with Crippen molar-refractivity contribution in [3.63, 3.8) is 0 Å². The minimum atomic E-state index is -0.965. The Balaban J connectivity index is 1.73. The normalized spacial score (nSPS) is 19.6. The summed E-state index contributed by atoms with van der Waals surface area (Å²) in [5, 5.41) is 0. The van der Waals surface area contributed by atoms with Gasteiger partial charge in [-0.15, -0.1) is 23.1 Å². The Bertz CT molecular complexity index is 805. The molecule has 2 aromatic rings. The molecule has 0 saturated carbocycles. The van der Waals surface area contributed by atoms with Crippen LogP contribution >= 0.6 is 23.1 Å². The molecule has 1 saturated heterocycles. The second kappa shape index (κ2) is 5.56. The van der Waals surface area contributed by atoms with E-state index in [0.29, 0.717) is 34.1 Å². The SMILES string of the molecule is O=C(c1cc2c(s1)-c1cc(F)cc(F)c1SC2)N1CCC(F)C1. The van der Waals surface area contributed by atoms with E-state index < -0.39 is 17.8 Å². The largest absolute Gasteiger partial charge is 0.335 e. The molecule has 2 nitrogen and oxygen atoms in total. The van der Waals surface area contributed by atoms with Gasteiger partial charge < -0.3 is 4.90 Å². The first-order valence-corrected chi connectivity index (χ1v) is 9.01. The van der Waals surface area contributed by atoms with E-state index in [4.69, 9.17) is 0 Å². The van der Waals surface area contributed by atoms with Crippen LogP contribution in [0.5, 0.6) is 0 Å². The van der Waals surface area contributed by atoms with Gasteiger partial charge in [-0.05, 0) is 24.1 Å². The maximum absolute atomic E-state index is 13.9. The molecule has 2 aliphatic heterocycles. The smallest absolute Gasteiger partial charge is 0.264 e. The number of thiophene rings is 1. The lowest BCUT2D eigenvalue weighted by molar-refractivity contribution is 0.0787. The van der Waals surface area contributed by atoms with Crippen LogP contribution in [-0.4, -0.2) is 30.1 Å². The maximum Gasteiger partial charge on any atom is 0.264 e. The Labute approximate surface area is 139 Å². The number of carbonyl (C=O) groups is 1. The Morgan fingerprint density at radius 1 is 1.26 bits per heavy atom. The lowest BCUT2D eigenvalue weighted by atomic mass is 10.1. The summed E-state index contributed by atoms with van der Waals surface area (Å²) in [6.07, 6.45) is -0.598. The molecule has 4 rings (SSSR count). The second-order valence-corrected chi connectivity index (χ2v) is 7.69. The highest BCUT2D eigenvalue weighted by molar-refractivity contribution is 7.98. The van der Waals surface area contributed by atoms with Crippen LogP contribution in [0.2, 0.25) is 0 Å². The summed E-state index contributed by atoms with van der Waals surface area (Å²) in [5.74, 6) is -0.860. The maximum atomic E-state index is 13.9. The highest BCUT2D eigenvalue weighted by atomic mass is 32.2. The molecular weight excluding hydrogens is 343 g/mol. The van der Waals surface area contributed by atoms with Gasteiger partial charge in [-0.1, -0.05) is 0 Å². The number of fused-ring (bicyclic) bond motifs is 3. The number of hydrogen-bond donors (Lipinski definition) is 0. The van der Waals surface area contributed by atoms with Crippen molar-refractivity contribution in [2.45, 2.75) is 23.2 Å². The number of likely N-dealkylation sites (tertiary alicyclic amines) is 1. The molecule has 7 heteroatoms. The molecule has 2 aliphatic rings. The molecule has 0 N–H and O–H groups in total. The number of halogens is 3. The van der Waals surface area contributed by atoms with Crippen molar-refractivity contribution in [1.29, 1.82) is 0 Å². The van der Waals surface area contributed by atoms with Crippen LogP contribution < -0.4 is 0 Å². The summed E-state index contributed by atoms with van der Waals surface area (Å²) in [6.45, 7) is 0.535. The molecule has 1 amide bonds. The van der Waals surface area contributed by atoms with E-state index in [1.807, 2.05) is 0 Å². The quantitative estimate of drug-likeness (QED) is 0.752. The number of nitrogens with zero attached hydrogens (tertiary/aromatic N) is 1. The minimum absolute atomic E-state index is 0.121. The van der Waals surface area contributed by atoms with Crippen molar-refractivity contribution in [2.75, 3.05) is 13.1 Å². The summed E-state index contributed by atoms with van der Waals surface area (Å²) in [4.78, 5) is 15.6. The van der Waals surface area contributed by atoms with Gasteiger partial charge in [0.1, 0.15) is 17.8 Å². The Morgan fingerprint density at radius 2 is 2.09 bits per heavy atom. The Morgan fingerprint density at radius 3 is 2.83 bits per heavy atom. The van der Waals surface area contributed by atoms with Crippen LogP contribution in [0.15, 0.2) is 23.1 Å². The summed E-state index contributed by atoms with van der Waals surface area (Å²) >= 11 is 2.54. The highest BCUT2D eigenvalue weighted by Crippen LogP contribution is 2.47. The van der Waals surface area contributed by atoms with E-state index in [-0.39, 0.29) is 12.5 Å². The molecule has 0 bridgehead atoms. The molecule has 1 atom stereocenters. The first-order valence-electron chi connectivity index (χ1n) is 7.21. The van der Waals surface area contributed by atoms with Gasteiger partial charge in [0, 0.05) is 28.8 Å². The van der Waals surface area contributed by atoms with Crippen molar-refractivity contribution in [2.24, 2.45) is 0 Å². The zero-order valence-electron chi connectivity index (χ0n) is 11.9. The first kappa shape index (κ1) is 15.1. The van der Waals surface area contributed by atoms with Crippen LogP contribution in [-0.2, 0) is 5.75 Å². The molecule has 1 unspecified atom stereocenters. The summed E-state index contributed by atoms with van der Waals surface area (Å²) < 4.78 is 40.7. The fourth-order valence-electron chi connectivity index (χ4n) is 2.95. The predicted molar refractivity (Wildman–Crippen MR) is 84.6 cm³/mol. The van der Waals surface area contributed by atoms with Gasteiger partial charge in [0.2, 0.25) is 0 Å². The topological polar surface area (TPSA) is 20.3 Å². The van der Waals surface area contributed by atoms with E-state index in [2.05, 4.69) is 0 Å². The highest BCUT2D eigenvalue weighted by Gasteiger charge is 2.30. The molecule has 1 aromatic heterocycles. The van der Waals surface area contributed by atoms with Crippen molar-refractivity contribution in [3.05, 3.63) is 40.3 Å². The molecule has 3 heterocycles. The lowest BCUT2D eigenvalue weighted by Crippen LogP contribution is -2.28. The van der Waals surface area contributed by atoms with Gasteiger partial charge in [0.05, 0.1) is 16.3 Å². The third-order valence-electron chi connectivity index (χ3n) is 4.06. The molecule has 0 radical (unpaired) electrons. The predicted octanol–water partition coefficient (Wildman–Crippen LogP) is 4.48. The van der Waals surface area contributed by atoms with E-state index in [1.54, 1.807) is 6.07 Å². The van der Waals surface area contributed by atoms with Gasteiger partial charge in [-0.25, -0.2) is 13.2 Å². The van der Waals surface area contributed by atoms with Crippen LogP contribution in [0.3, 0.4) is 0 Å². The number of amides is 1. The average Bonchev–Trinajstić information content (AvgIpc) is 3.12. The van der Waals surface area contributed by atoms with Crippen molar-refractivity contribution < 1.29 is 18.0 Å². The van der Waals surface area contributed by atoms with Crippen LogP contribution in [0.4, 0.5) is 13.2 Å². The fourth-order valence-corrected chi connectivity index (χ4v) is 5.32. The third-order valence-corrected chi connectivity index (χ3v) is 6.42. The molecule has 0 aliphatic carbocycles. The number of alkyl halides is 1. The van der Waals surface area contributed by atoms with E-state index in [1.165, 1.54) is 34.1 Å². The van der Waals surface area contributed by atoms with Crippen LogP contribution in [0.1, 0.15) is 21.7 Å². The first-order chi connectivity index (χ1) is 11.0. The fraction of sp³-hybridized carbons (Fsp3) is 0.312. The lowest BCUT2D eigenvalue weighted by Gasteiger charge is -2.16. The summed E-state index contributed by atoms with van der Waals surface area (Å²) in [5.41, 5.74) is 1.40. The third kappa shape index (κ3) is 2.55. The van der Waals surface area contributed by atoms with Crippen molar-refractivity contribution in [3.8, 4) is 10.4 Å². The van der Waals surface area contributed by atoms with Crippen molar-refractivity contribution in [1.82, 2.24) is 4.90 Å². The van der Waals surface area contributed by atoms with Crippen LogP contribution in [0, 0.1) is 11.6 Å². The Hall–Kier alpha value is -1.47. The monoisotopic (exact) mass is 355 g/mol. The number of carbonyl (C=O) groups excluding carboxylic acids is 1. The van der Waals surface area contributed by atoms with Gasteiger partial charge in [0.25, 0.3) is 5.91 Å². The molecule has 1 fully saturated rings. The second-order valence-electron chi connectivity index (χ2n) is 5.66. The molecule has 1 aromatic carbocycles. The standard InChI is InChI=1S/C16H12F3NOS2/c17-9-1-2-20(6-9)16(21)13-3-8-7-22-15-11(14(8)23-13)4-10(18)5-12(15)19/h3-5,9H,1-2,6-7H2. The van der Waals surface area contributed by atoms with Gasteiger partial charge in [-0.2, -0.15) is 0 Å². The molecule has 0 spiro atoms. The summed E-state index contributed by atoms with van der Waals surface area (Å²) in [6, 6.07) is 3.95. The van der Waals surface area contributed by atoms with E-state index in [0.717, 1.165) is 16.5 Å². The number of rotatable bonds is 1. The minimum Gasteiger partial charge on any atom is -0.335 e. The van der Waals surface area contributed by atoms with Gasteiger partial charge >= 0.3 is 0 Å². The van der Waals surface area contributed by atoms with Crippen molar-refractivity contribution >= 4 is 29.0 Å².